The van der Waals surface area contributed by atoms with Crippen molar-refractivity contribution in [3.8, 4) is 0 Å². The summed E-state index contributed by atoms with van der Waals surface area (Å²) in [4.78, 5) is 12.9. The maximum Gasteiger partial charge on any atom is 0.241 e. The lowest BCUT2D eigenvalue weighted by molar-refractivity contribution is -0.116. The normalized spacial score (nSPS) is 12.4. The Bertz CT molecular complexity index is 1130. The lowest BCUT2D eigenvalue weighted by atomic mass is 10.0. The molecule has 3 rings (SSSR count). The summed E-state index contributed by atoms with van der Waals surface area (Å²) in [5.41, 5.74) is 3.45. The van der Waals surface area contributed by atoms with Crippen LogP contribution in [0.2, 0.25) is 0 Å². The van der Waals surface area contributed by atoms with Gasteiger partial charge in [0.15, 0.2) is 0 Å². The number of anilines is 1. The summed E-state index contributed by atoms with van der Waals surface area (Å²) >= 11 is 2.24. The monoisotopic (exact) mass is 534 g/mol. The van der Waals surface area contributed by atoms with E-state index < -0.39 is 16.1 Å². The van der Waals surface area contributed by atoms with E-state index in [-0.39, 0.29) is 17.2 Å². The quantitative estimate of drug-likeness (QED) is 0.421. The number of hydrogen-bond donors (Lipinski definition) is 2. The first-order valence-corrected chi connectivity index (χ1v) is 12.0. The number of amides is 1. The van der Waals surface area contributed by atoms with Gasteiger partial charge in [0.1, 0.15) is 0 Å². The first kappa shape index (κ1) is 22.5. The van der Waals surface area contributed by atoms with Gasteiger partial charge in [-0.3, -0.25) is 4.79 Å². The molecule has 30 heavy (non-hydrogen) atoms. The topological polar surface area (TPSA) is 75.3 Å². The maximum atomic E-state index is 12.9. The summed E-state index contributed by atoms with van der Waals surface area (Å²) in [6.45, 7) is 3.87. The van der Waals surface area contributed by atoms with Crippen LogP contribution in [0.3, 0.4) is 0 Å². The number of rotatable bonds is 7. The number of carbonyl (C=O) groups excluding carboxylic acids is 1. The van der Waals surface area contributed by atoms with Crippen molar-refractivity contribution < 1.29 is 13.2 Å². The second kappa shape index (κ2) is 9.72. The Morgan fingerprint density at radius 2 is 1.63 bits per heavy atom. The second-order valence-corrected chi connectivity index (χ2v) is 9.99. The third kappa shape index (κ3) is 5.90. The Hall–Kier alpha value is -2.23. The Labute approximate surface area is 191 Å². The zero-order valence-electron chi connectivity index (χ0n) is 16.7. The Morgan fingerprint density at radius 1 is 0.967 bits per heavy atom. The fourth-order valence-corrected chi connectivity index (χ4v) is 4.57. The fourth-order valence-electron chi connectivity index (χ4n) is 3.01. The standard InChI is InChI=1S/C23H23IN2O3S/c1-16-8-11-20(12-9-16)30(28,29)26-22(18-6-4-3-5-7-18)15-23(27)25-19-10-13-21(24)17(2)14-19/h3-14,22,26H,15H2,1-2H3,(H,25,27)/t22-/m0/s1. The number of carbonyl (C=O) groups is 1. The Morgan fingerprint density at radius 3 is 2.27 bits per heavy atom. The molecule has 7 heteroatoms. The molecular formula is C23H23IN2O3S. The molecule has 0 spiro atoms. The molecule has 5 nitrogen and oxygen atoms in total. The third-order valence-corrected chi connectivity index (χ3v) is 7.36. The highest BCUT2D eigenvalue weighted by Crippen LogP contribution is 2.22. The highest BCUT2D eigenvalue weighted by Gasteiger charge is 2.24. The van der Waals surface area contributed by atoms with E-state index >= 15 is 0 Å². The van der Waals surface area contributed by atoms with Gasteiger partial charge >= 0.3 is 0 Å². The molecule has 0 aliphatic heterocycles. The molecule has 0 saturated heterocycles. The van der Waals surface area contributed by atoms with Crippen molar-refractivity contribution in [3.05, 3.63) is 93.1 Å². The molecular weight excluding hydrogens is 511 g/mol. The molecule has 3 aromatic carbocycles. The van der Waals surface area contributed by atoms with Crippen LogP contribution in [-0.4, -0.2) is 14.3 Å². The second-order valence-electron chi connectivity index (χ2n) is 7.11. The molecule has 0 aliphatic carbocycles. The van der Waals surface area contributed by atoms with Gasteiger partial charge in [-0.25, -0.2) is 13.1 Å². The molecule has 0 fully saturated rings. The van der Waals surface area contributed by atoms with Gasteiger partial charge in [0.2, 0.25) is 15.9 Å². The summed E-state index contributed by atoms with van der Waals surface area (Å²) in [7, 11) is -3.79. The van der Waals surface area contributed by atoms with E-state index in [1.807, 2.05) is 62.4 Å². The van der Waals surface area contributed by atoms with Crippen molar-refractivity contribution >= 4 is 44.2 Å². The van der Waals surface area contributed by atoms with Crippen LogP contribution in [0.4, 0.5) is 5.69 Å². The van der Waals surface area contributed by atoms with E-state index in [4.69, 9.17) is 0 Å². The van der Waals surface area contributed by atoms with Crippen LogP contribution in [0.25, 0.3) is 0 Å². The average Bonchev–Trinajstić information content (AvgIpc) is 2.71. The molecule has 1 amide bonds. The van der Waals surface area contributed by atoms with E-state index in [9.17, 15) is 13.2 Å². The molecule has 156 valence electrons. The first-order valence-electron chi connectivity index (χ1n) is 9.44. The number of halogens is 1. The van der Waals surface area contributed by atoms with Crippen molar-refractivity contribution in [1.82, 2.24) is 4.72 Å². The van der Waals surface area contributed by atoms with Crippen molar-refractivity contribution in [3.63, 3.8) is 0 Å². The highest BCUT2D eigenvalue weighted by atomic mass is 127. The predicted octanol–water partition coefficient (Wildman–Crippen LogP) is 4.96. The number of sulfonamides is 1. The van der Waals surface area contributed by atoms with Crippen LogP contribution in [0.5, 0.6) is 0 Å². The molecule has 3 aromatic rings. The van der Waals surface area contributed by atoms with E-state index in [1.165, 1.54) is 0 Å². The molecule has 0 saturated carbocycles. The number of aryl methyl sites for hydroxylation is 2. The summed E-state index contributed by atoms with van der Waals surface area (Å²) < 4.78 is 29.6. The van der Waals surface area contributed by atoms with Crippen LogP contribution in [0, 0.1) is 17.4 Å². The van der Waals surface area contributed by atoms with Crippen LogP contribution >= 0.6 is 22.6 Å². The van der Waals surface area contributed by atoms with Crippen LogP contribution in [0.15, 0.2) is 77.7 Å². The van der Waals surface area contributed by atoms with Crippen LogP contribution in [-0.2, 0) is 14.8 Å². The highest BCUT2D eigenvalue weighted by molar-refractivity contribution is 14.1. The zero-order chi connectivity index (χ0) is 21.7. The molecule has 0 radical (unpaired) electrons. The third-order valence-electron chi connectivity index (χ3n) is 4.66. The molecule has 2 N–H and O–H groups in total. The molecule has 0 unspecified atom stereocenters. The van der Waals surface area contributed by atoms with E-state index in [0.717, 1.165) is 20.3 Å². The van der Waals surface area contributed by atoms with E-state index in [1.54, 1.807) is 24.3 Å². The maximum absolute atomic E-state index is 12.9. The van der Waals surface area contributed by atoms with Crippen molar-refractivity contribution in [2.75, 3.05) is 5.32 Å². The minimum absolute atomic E-state index is 0.0276. The number of benzene rings is 3. The molecule has 0 aliphatic rings. The van der Waals surface area contributed by atoms with Gasteiger partial charge in [-0.2, -0.15) is 0 Å². The van der Waals surface area contributed by atoms with E-state index in [0.29, 0.717) is 5.69 Å². The number of hydrogen-bond acceptors (Lipinski definition) is 3. The number of nitrogens with one attached hydrogen (secondary N) is 2. The predicted molar refractivity (Wildman–Crippen MR) is 128 cm³/mol. The molecule has 1 atom stereocenters. The minimum Gasteiger partial charge on any atom is -0.326 e. The smallest absolute Gasteiger partial charge is 0.241 e. The summed E-state index contributed by atoms with van der Waals surface area (Å²) in [5, 5.41) is 2.87. The first-order chi connectivity index (χ1) is 14.2. The largest absolute Gasteiger partial charge is 0.326 e. The summed E-state index contributed by atoms with van der Waals surface area (Å²) in [5.74, 6) is -0.268. The lowest BCUT2D eigenvalue weighted by Gasteiger charge is -2.19. The van der Waals surface area contributed by atoms with Gasteiger partial charge in [0.25, 0.3) is 0 Å². The molecule has 0 bridgehead atoms. The summed E-state index contributed by atoms with van der Waals surface area (Å²) in [6.07, 6.45) is -0.0276. The SMILES string of the molecule is Cc1ccc(S(=O)(=O)N[C@@H](CC(=O)Nc2ccc(I)c(C)c2)c2ccccc2)cc1. The lowest BCUT2D eigenvalue weighted by Crippen LogP contribution is -2.31. The van der Waals surface area contributed by atoms with Gasteiger partial charge in [0.05, 0.1) is 10.9 Å². The molecule has 0 aromatic heterocycles. The van der Waals surface area contributed by atoms with Crippen LogP contribution in [0.1, 0.15) is 29.2 Å². The van der Waals surface area contributed by atoms with Crippen molar-refractivity contribution in [2.45, 2.75) is 31.2 Å². The van der Waals surface area contributed by atoms with Crippen LogP contribution < -0.4 is 10.0 Å². The van der Waals surface area contributed by atoms with Crippen molar-refractivity contribution in [2.24, 2.45) is 0 Å². The average molecular weight is 534 g/mol. The fraction of sp³-hybridized carbons (Fsp3) is 0.174. The Balaban J connectivity index is 1.81. The molecule has 0 heterocycles. The van der Waals surface area contributed by atoms with Gasteiger partial charge < -0.3 is 5.32 Å². The van der Waals surface area contributed by atoms with Crippen molar-refractivity contribution in [1.29, 1.82) is 0 Å². The van der Waals surface area contributed by atoms with E-state index in [2.05, 4.69) is 32.6 Å². The minimum atomic E-state index is -3.79. The van der Waals surface area contributed by atoms with Gasteiger partial charge in [-0.15, -0.1) is 0 Å². The van der Waals surface area contributed by atoms with Gasteiger partial charge in [-0.1, -0.05) is 48.0 Å². The van der Waals surface area contributed by atoms with Gasteiger partial charge in [0, 0.05) is 15.7 Å². The summed E-state index contributed by atoms with van der Waals surface area (Å²) in [6, 6.07) is 20.7. The van der Waals surface area contributed by atoms with Gasteiger partial charge in [-0.05, 0) is 77.9 Å². The zero-order valence-corrected chi connectivity index (χ0v) is 19.7. The Kier molecular flexibility index (Phi) is 7.27.